The van der Waals surface area contributed by atoms with Crippen LogP contribution < -0.4 is 11.1 Å². The van der Waals surface area contributed by atoms with Crippen LogP contribution in [0.25, 0.3) is 5.57 Å². The number of allylic oxidation sites excluding steroid dienone is 3. The molecule has 0 radical (unpaired) electrons. The standard InChI is InChI=1S/C26H37FN2O2/c1-15(2)10-25(31)22(17(4)14-30)12-19(29-6)11-16(3)20-8-7-9-21-18(5)23(27)13-24(28)26(20)21/h12-15,25,29,31H,7-11,28H2,1-6H3/b19-12-,20-16-,22-17+/t25-/m1/s1. The normalized spacial score (nSPS) is 17.8. The van der Waals surface area contributed by atoms with E-state index in [0.717, 1.165) is 47.9 Å². The second kappa shape index (κ2) is 10.8. The van der Waals surface area contributed by atoms with Crippen LogP contribution in [0, 0.1) is 18.7 Å². The van der Waals surface area contributed by atoms with Gasteiger partial charge in [-0.2, -0.15) is 0 Å². The number of aliphatic hydroxyl groups excluding tert-OH is 1. The summed E-state index contributed by atoms with van der Waals surface area (Å²) in [6.07, 6.45) is 5.91. The van der Waals surface area contributed by atoms with E-state index < -0.39 is 6.10 Å². The van der Waals surface area contributed by atoms with Crippen molar-refractivity contribution in [3.8, 4) is 0 Å². The Balaban J connectivity index is 2.48. The zero-order valence-electron chi connectivity index (χ0n) is 19.7. The van der Waals surface area contributed by atoms with E-state index in [2.05, 4.69) is 12.2 Å². The fraction of sp³-hybridized carbons (Fsp3) is 0.500. The summed E-state index contributed by atoms with van der Waals surface area (Å²) in [7, 11) is 1.84. The molecule has 0 heterocycles. The van der Waals surface area contributed by atoms with Gasteiger partial charge < -0.3 is 16.2 Å². The molecule has 170 valence electrons. The third-order valence-electron chi connectivity index (χ3n) is 6.15. The predicted octanol–water partition coefficient (Wildman–Crippen LogP) is 5.24. The van der Waals surface area contributed by atoms with Crippen molar-refractivity contribution in [2.24, 2.45) is 5.92 Å². The van der Waals surface area contributed by atoms with Gasteiger partial charge in [0.2, 0.25) is 0 Å². The van der Waals surface area contributed by atoms with E-state index in [1.807, 2.05) is 33.9 Å². The van der Waals surface area contributed by atoms with Crippen LogP contribution in [0.2, 0.25) is 0 Å². The number of benzene rings is 1. The van der Waals surface area contributed by atoms with Crippen molar-refractivity contribution in [3.63, 3.8) is 0 Å². The van der Waals surface area contributed by atoms with E-state index in [1.165, 1.54) is 11.6 Å². The molecule has 0 amide bonds. The average molecular weight is 429 g/mol. The van der Waals surface area contributed by atoms with Gasteiger partial charge in [-0.3, -0.25) is 4.79 Å². The Kier molecular flexibility index (Phi) is 8.63. The highest BCUT2D eigenvalue weighted by atomic mass is 19.1. The number of halogens is 1. The first-order chi connectivity index (χ1) is 14.6. The Morgan fingerprint density at radius 1 is 1.32 bits per heavy atom. The Hall–Kier alpha value is -2.40. The first kappa shape index (κ1) is 24.9. The number of nitrogens with one attached hydrogen (secondary N) is 1. The Morgan fingerprint density at radius 3 is 2.58 bits per heavy atom. The van der Waals surface area contributed by atoms with E-state index in [4.69, 9.17) is 5.73 Å². The van der Waals surface area contributed by atoms with Crippen molar-refractivity contribution in [3.05, 3.63) is 57.1 Å². The maximum Gasteiger partial charge on any atom is 0.146 e. The number of rotatable bonds is 8. The van der Waals surface area contributed by atoms with E-state index in [9.17, 15) is 14.3 Å². The lowest BCUT2D eigenvalue weighted by Gasteiger charge is -2.26. The highest BCUT2D eigenvalue weighted by Gasteiger charge is 2.23. The summed E-state index contributed by atoms with van der Waals surface area (Å²) in [6.45, 7) is 9.72. The monoisotopic (exact) mass is 428 g/mol. The molecule has 0 saturated carbocycles. The van der Waals surface area contributed by atoms with Gasteiger partial charge >= 0.3 is 0 Å². The van der Waals surface area contributed by atoms with E-state index in [1.54, 1.807) is 6.92 Å². The third kappa shape index (κ3) is 5.85. The maximum absolute atomic E-state index is 14.2. The van der Waals surface area contributed by atoms with Crippen LogP contribution in [0.3, 0.4) is 0 Å². The number of carbonyl (C=O) groups is 1. The molecule has 0 unspecified atom stereocenters. The SMILES string of the molecule is CN/C(=C\C(=C(\C)C=O)[C@H](O)CC(C)C)C/C(C)=C1/CCCc2c(C)c(F)cc(N)c21. The molecule has 2 rings (SSSR count). The second-order valence-electron chi connectivity index (χ2n) is 9.04. The Morgan fingerprint density at radius 2 is 2.00 bits per heavy atom. The molecule has 0 aromatic heterocycles. The number of anilines is 1. The molecule has 0 bridgehead atoms. The molecule has 5 heteroatoms. The lowest BCUT2D eigenvalue weighted by molar-refractivity contribution is -0.105. The van der Waals surface area contributed by atoms with Crippen molar-refractivity contribution in [2.45, 2.75) is 72.8 Å². The van der Waals surface area contributed by atoms with Gasteiger partial charge in [0.05, 0.1) is 6.10 Å². The highest BCUT2D eigenvalue weighted by Crippen LogP contribution is 2.40. The van der Waals surface area contributed by atoms with Gasteiger partial charge in [-0.15, -0.1) is 0 Å². The highest BCUT2D eigenvalue weighted by molar-refractivity contribution is 5.81. The molecule has 1 aromatic rings. The number of carbonyl (C=O) groups excluding carboxylic acids is 1. The number of hydrogen-bond donors (Lipinski definition) is 3. The zero-order valence-corrected chi connectivity index (χ0v) is 19.7. The first-order valence-electron chi connectivity index (χ1n) is 11.1. The topological polar surface area (TPSA) is 75.3 Å². The predicted molar refractivity (Wildman–Crippen MR) is 127 cm³/mol. The van der Waals surface area contributed by atoms with Gasteiger partial charge in [-0.1, -0.05) is 19.4 Å². The van der Waals surface area contributed by atoms with Gasteiger partial charge in [0.15, 0.2) is 0 Å². The van der Waals surface area contributed by atoms with Gasteiger partial charge in [-0.05, 0) is 92.4 Å². The van der Waals surface area contributed by atoms with Crippen molar-refractivity contribution in [1.29, 1.82) is 0 Å². The van der Waals surface area contributed by atoms with Crippen LogP contribution in [0.5, 0.6) is 0 Å². The Labute approximate surface area is 186 Å². The van der Waals surface area contributed by atoms with Gasteiger partial charge in [0.25, 0.3) is 0 Å². The molecule has 1 atom stereocenters. The molecule has 31 heavy (non-hydrogen) atoms. The summed E-state index contributed by atoms with van der Waals surface area (Å²) in [5, 5.41) is 13.9. The third-order valence-corrected chi connectivity index (χ3v) is 6.15. The zero-order chi connectivity index (χ0) is 23.3. The molecule has 0 saturated heterocycles. The summed E-state index contributed by atoms with van der Waals surface area (Å²) in [6, 6.07) is 1.43. The molecule has 1 aliphatic carbocycles. The van der Waals surface area contributed by atoms with Crippen LogP contribution in [0.15, 0.2) is 34.6 Å². The summed E-state index contributed by atoms with van der Waals surface area (Å²) in [4.78, 5) is 11.4. The number of nitrogens with two attached hydrogens (primary N) is 1. The van der Waals surface area contributed by atoms with Crippen LogP contribution >= 0.6 is 0 Å². The molecule has 0 aliphatic heterocycles. The largest absolute Gasteiger partial charge is 0.398 e. The number of aldehydes is 1. The minimum Gasteiger partial charge on any atom is -0.398 e. The van der Waals surface area contributed by atoms with Crippen molar-refractivity contribution in [1.82, 2.24) is 5.32 Å². The number of nitrogen functional groups attached to an aromatic ring is 1. The van der Waals surface area contributed by atoms with Crippen LogP contribution in [-0.2, 0) is 11.2 Å². The fourth-order valence-electron chi connectivity index (χ4n) is 4.39. The molecule has 4 N–H and O–H groups in total. The minimum atomic E-state index is -0.696. The van der Waals surface area contributed by atoms with Gasteiger partial charge in [-0.25, -0.2) is 4.39 Å². The van der Waals surface area contributed by atoms with Gasteiger partial charge in [0.1, 0.15) is 12.1 Å². The number of fused-ring (bicyclic) bond motifs is 1. The van der Waals surface area contributed by atoms with Crippen LogP contribution in [-0.4, -0.2) is 24.5 Å². The second-order valence-corrected chi connectivity index (χ2v) is 9.04. The summed E-state index contributed by atoms with van der Waals surface area (Å²) in [5.74, 6) is 0.0642. The smallest absolute Gasteiger partial charge is 0.146 e. The lowest BCUT2D eigenvalue weighted by Crippen LogP contribution is -2.17. The first-order valence-corrected chi connectivity index (χ1v) is 11.1. The fourth-order valence-corrected chi connectivity index (χ4v) is 4.39. The minimum absolute atomic E-state index is 0.246. The van der Waals surface area contributed by atoms with Crippen LogP contribution in [0.1, 0.15) is 70.1 Å². The van der Waals surface area contributed by atoms with Gasteiger partial charge in [0, 0.05) is 30.4 Å². The van der Waals surface area contributed by atoms with Crippen molar-refractivity contribution >= 4 is 17.5 Å². The maximum atomic E-state index is 14.2. The molecular weight excluding hydrogens is 391 g/mol. The molecule has 0 spiro atoms. The molecule has 1 aliphatic rings. The van der Waals surface area contributed by atoms with Crippen molar-refractivity contribution in [2.75, 3.05) is 12.8 Å². The molecule has 1 aromatic carbocycles. The lowest BCUT2D eigenvalue weighted by atomic mass is 9.81. The average Bonchev–Trinajstić information content (AvgIpc) is 2.73. The molecule has 0 fully saturated rings. The quantitative estimate of drug-likeness (QED) is 0.229. The summed E-state index contributed by atoms with van der Waals surface area (Å²) < 4.78 is 14.2. The number of hydrogen-bond acceptors (Lipinski definition) is 4. The Bertz CT molecular complexity index is 926. The summed E-state index contributed by atoms with van der Waals surface area (Å²) in [5.41, 5.74) is 13.8. The van der Waals surface area contributed by atoms with Crippen LogP contribution in [0.4, 0.5) is 10.1 Å². The van der Waals surface area contributed by atoms with E-state index in [-0.39, 0.29) is 5.82 Å². The van der Waals surface area contributed by atoms with Crippen molar-refractivity contribution < 1.29 is 14.3 Å². The van der Waals surface area contributed by atoms with E-state index >= 15 is 0 Å². The molecule has 4 nitrogen and oxygen atoms in total. The van der Waals surface area contributed by atoms with E-state index in [0.29, 0.717) is 41.2 Å². The molecular formula is C26H37FN2O2. The summed E-state index contributed by atoms with van der Waals surface area (Å²) >= 11 is 0. The number of aliphatic hydroxyl groups is 1.